The van der Waals surface area contributed by atoms with Crippen molar-refractivity contribution in [2.24, 2.45) is 0 Å². The van der Waals surface area contributed by atoms with E-state index in [1.54, 1.807) is 12.4 Å². The van der Waals surface area contributed by atoms with E-state index in [0.29, 0.717) is 23.8 Å². The number of carbonyl (C=O) groups excluding carboxylic acids is 1. The number of hydrogen-bond donors (Lipinski definition) is 1. The molecule has 2 aromatic heterocycles. The molecule has 0 aliphatic carbocycles. The predicted molar refractivity (Wildman–Crippen MR) is 117 cm³/mol. The first-order valence-corrected chi connectivity index (χ1v) is 9.93. The third kappa shape index (κ3) is 4.86. The molecular formula is C22H28N6O. The molecule has 0 bridgehead atoms. The van der Waals surface area contributed by atoms with Crippen LogP contribution in [0.2, 0.25) is 0 Å². The van der Waals surface area contributed by atoms with E-state index in [4.69, 9.17) is 4.98 Å². The molecule has 0 spiro atoms. The summed E-state index contributed by atoms with van der Waals surface area (Å²) < 4.78 is 0. The van der Waals surface area contributed by atoms with Gasteiger partial charge in [-0.3, -0.25) is 4.79 Å². The first-order valence-electron chi connectivity index (χ1n) is 9.93. The topological polar surface area (TPSA) is 74.2 Å². The van der Waals surface area contributed by atoms with E-state index in [-0.39, 0.29) is 5.91 Å². The highest BCUT2D eigenvalue weighted by Crippen LogP contribution is 2.24. The molecule has 0 atom stereocenters. The minimum Gasteiger partial charge on any atom is -0.351 e. The van der Waals surface area contributed by atoms with Crippen molar-refractivity contribution in [1.82, 2.24) is 25.2 Å². The SMILES string of the molecule is CCN(CC)CCNC(=O)c1cc(-c2cnc(N(C)C)nc2)nc2ccccc12. The first-order chi connectivity index (χ1) is 14.0. The highest BCUT2D eigenvalue weighted by Gasteiger charge is 2.14. The number of para-hydroxylation sites is 1. The average Bonchev–Trinajstić information content (AvgIpc) is 2.76. The Balaban J connectivity index is 1.91. The Labute approximate surface area is 171 Å². The van der Waals surface area contributed by atoms with Crippen molar-refractivity contribution in [3.8, 4) is 11.3 Å². The highest BCUT2D eigenvalue weighted by atomic mass is 16.1. The maximum Gasteiger partial charge on any atom is 0.252 e. The van der Waals surface area contributed by atoms with Gasteiger partial charge in [0.25, 0.3) is 5.91 Å². The largest absolute Gasteiger partial charge is 0.351 e. The van der Waals surface area contributed by atoms with E-state index in [1.165, 1.54) is 0 Å². The Morgan fingerprint density at radius 2 is 1.76 bits per heavy atom. The molecule has 0 saturated heterocycles. The Bertz CT molecular complexity index is 967. The molecule has 2 heterocycles. The van der Waals surface area contributed by atoms with Gasteiger partial charge in [0.1, 0.15) is 0 Å². The second kappa shape index (κ2) is 9.43. The Hall–Kier alpha value is -3.06. The van der Waals surface area contributed by atoms with E-state index in [2.05, 4.69) is 34.0 Å². The fraction of sp³-hybridized carbons (Fsp3) is 0.364. The Kier molecular flexibility index (Phi) is 6.72. The smallest absolute Gasteiger partial charge is 0.252 e. The normalized spacial score (nSPS) is 11.1. The Morgan fingerprint density at radius 3 is 2.41 bits per heavy atom. The van der Waals surface area contributed by atoms with Crippen LogP contribution in [0.1, 0.15) is 24.2 Å². The van der Waals surface area contributed by atoms with Gasteiger partial charge in [-0.1, -0.05) is 32.0 Å². The van der Waals surface area contributed by atoms with Gasteiger partial charge in [-0.2, -0.15) is 0 Å². The monoisotopic (exact) mass is 392 g/mol. The van der Waals surface area contributed by atoms with Gasteiger partial charge in [0.2, 0.25) is 5.95 Å². The van der Waals surface area contributed by atoms with Crippen molar-refractivity contribution in [3.05, 3.63) is 48.3 Å². The van der Waals surface area contributed by atoms with Crippen molar-refractivity contribution in [2.45, 2.75) is 13.8 Å². The average molecular weight is 393 g/mol. The number of nitrogens with zero attached hydrogens (tertiary/aromatic N) is 5. The molecule has 0 radical (unpaired) electrons. The fourth-order valence-corrected chi connectivity index (χ4v) is 3.16. The molecule has 0 unspecified atom stereocenters. The van der Waals surface area contributed by atoms with Gasteiger partial charge in [0.15, 0.2) is 0 Å². The van der Waals surface area contributed by atoms with Crippen LogP contribution in [-0.2, 0) is 0 Å². The van der Waals surface area contributed by atoms with Crippen LogP contribution in [0.5, 0.6) is 0 Å². The van der Waals surface area contributed by atoms with Gasteiger partial charge in [-0.05, 0) is 25.2 Å². The zero-order valence-electron chi connectivity index (χ0n) is 17.5. The van der Waals surface area contributed by atoms with Crippen molar-refractivity contribution >= 4 is 22.8 Å². The lowest BCUT2D eigenvalue weighted by Crippen LogP contribution is -2.34. The molecule has 0 aliphatic heterocycles. The number of amides is 1. The van der Waals surface area contributed by atoms with Gasteiger partial charge in [0, 0.05) is 50.5 Å². The number of pyridine rings is 1. The number of carbonyl (C=O) groups is 1. The molecule has 0 saturated carbocycles. The Morgan fingerprint density at radius 1 is 1.07 bits per heavy atom. The molecule has 1 amide bonds. The minimum absolute atomic E-state index is 0.0946. The third-order valence-electron chi connectivity index (χ3n) is 4.90. The molecular weight excluding hydrogens is 364 g/mol. The fourth-order valence-electron chi connectivity index (χ4n) is 3.16. The van der Waals surface area contributed by atoms with Crippen LogP contribution in [0.3, 0.4) is 0 Å². The van der Waals surface area contributed by atoms with Crippen LogP contribution in [0.15, 0.2) is 42.7 Å². The summed E-state index contributed by atoms with van der Waals surface area (Å²) in [5.41, 5.74) is 2.85. The van der Waals surface area contributed by atoms with Gasteiger partial charge in [-0.15, -0.1) is 0 Å². The molecule has 3 aromatic rings. The second-order valence-electron chi connectivity index (χ2n) is 7.02. The number of fused-ring (bicyclic) bond motifs is 1. The molecule has 29 heavy (non-hydrogen) atoms. The number of hydrogen-bond acceptors (Lipinski definition) is 6. The van der Waals surface area contributed by atoms with E-state index < -0.39 is 0 Å². The quantitative estimate of drug-likeness (QED) is 0.635. The molecule has 7 heteroatoms. The number of likely N-dealkylation sites (N-methyl/N-ethyl adjacent to an activating group) is 1. The maximum atomic E-state index is 12.9. The number of rotatable bonds is 8. The van der Waals surface area contributed by atoms with Crippen LogP contribution in [0, 0.1) is 0 Å². The summed E-state index contributed by atoms with van der Waals surface area (Å²) in [6.45, 7) is 7.62. The highest BCUT2D eigenvalue weighted by molar-refractivity contribution is 6.07. The lowest BCUT2D eigenvalue weighted by atomic mass is 10.0. The summed E-state index contributed by atoms with van der Waals surface area (Å²) in [6.07, 6.45) is 3.48. The van der Waals surface area contributed by atoms with Crippen molar-refractivity contribution in [2.75, 3.05) is 45.2 Å². The van der Waals surface area contributed by atoms with Crippen molar-refractivity contribution < 1.29 is 4.79 Å². The molecule has 152 valence electrons. The van der Waals surface area contributed by atoms with Crippen LogP contribution in [-0.4, -0.2) is 66.0 Å². The van der Waals surface area contributed by atoms with Gasteiger partial charge < -0.3 is 15.1 Å². The second-order valence-corrected chi connectivity index (χ2v) is 7.02. The zero-order valence-corrected chi connectivity index (χ0v) is 17.5. The zero-order chi connectivity index (χ0) is 20.8. The molecule has 1 N–H and O–H groups in total. The van der Waals surface area contributed by atoms with Gasteiger partial charge >= 0.3 is 0 Å². The number of anilines is 1. The van der Waals surface area contributed by atoms with Crippen LogP contribution >= 0.6 is 0 Å². The molecule has 0 aliphatic rings. The number of aromatic nitrogens is 3. The summed E-state index contributed by atoms with van der Waals surface area (Å²) in [6, 6.07) is 9.51. The lowest BCUT2D eigenvalue weighted by molar-refractivity contribution is 0.0950. The first kappa shape index (κ1) is 20.7. The van der Waals surface area contributed by atoms with Gasteiger partial charge in [0.05, 0.1) is 16.8 Å². The lowest BCUT2D eigenvalue weighted by Gasteiger charge is -2.18. The summed E-state index contributed by atoms with van der Waals surface area (Å²) in [7, 11) is 3.79. The van der Waals surface area contributed by atoms with Crippen molar-refractivity contribution in [3.63, 3.8) is 0 Å². The van der Waals surface area contributed by atoms with Crippen LogP contribution in [0.4, 0.5) is 5.95 Å². The van der Waals surface area contributed by atoms with Gasteiger partial charge in [-0.25, -0.2) is 15.0 Å². The van der Waals surface area contributed by atoms with E-state index in [0.717, 1.165) is 36.1 Å². The molecule has 0 fully saturated rings. The summed E-state index contributed by atoms with van der Waals surface area (Å²) in [5, 5.41) is 3.88. The van der Waals surface area contributed by atoms with Crippen LogP contribution in [0.25, 0.3) is 22.2 Å². The van der Waals surface area contributed by atoms with Crippen molar-refractivity contribution in [1.29, 1.82) is 0 Å². The molecule has 3 rings (SSSR count). The van der Waals surface area contributed by atoms with E-state index >= 15 is 0 Å². The third-order valence-corrected chi connectivity index (χ3v) is 4.90. The van der Waals surface area contributed by atoms with Crippen LogP contribution < -0.4 is 10.2 Å². The maximum absolute atomic E-state index is 12.9. The number of benzene rings is 1. The van der Waals surface area contributed by atoms with E-state index in [1.807, 2.05) is 49.3 Å². The van der Waals surface area contributed by atoms with E-state index in [9.17, 15) is 4.79 Å². The standard InChI is InChI=1S/C22H28N6O/c1-5-28(6-2)12-11-23-21(29)18-13-20(26-19-10-8-7-9-17(18)19)16-14-24-22(25-15-16)27(3)4/h7-10,13-15H,5-6,11-12H2,1-4H3,(H,23,29). The predicted octanol–water partition coefficient (Wildman–Crippen LogP) is 2.83. The molecule has 7 nitrogen and oxygen atoms in total. The summed E-state index contributed by atoms with van der Waals surface area (Å²) >= 11 is 0. The minimum atomic E-state index is -0.0946. The number of nitrogens with one attached hydrogen (secondary N) is 1. The summed E-state index contributed by atoms with van der Waals surface area (Å²) in [4.78, 5) is 30.5. The molecule has 1 aromatic carbocycles. The summed E-state index contributed by atoms with van der Waals surface area (Å²) in [5.74, 6) is 0.534.